The van der Waals surface area contributed by atoms with Gasteiger partial charge in [0.25, 0.3) is 0 Å². The molecule has 0 atom stereocenters. The molecule has 5 nitrogen and oxygen atoms in total. The Bertz CT molecular complexity index is 626. The maximum atomic E-state index is 11.8. The van der Waals surface area contributed by atoms with Gasteiger partial charge < -0.3 is 15.4 Å². The molecule has 2 rings (SSSR count). The zero-order valence-electron chi connectivity index (χ0n) is 14.4. The number of rotatable bonds is 3. The van der Waals surface area contributed by atoms with Crippen molar-refractivity contribution in [2.75, 3.05) is 5.32 Å². The van der Waals surface area contributed by atoms with E-state index in [0.717, 1.165) is 34.9 Å². The zero-order chi connectivity index (χ0) is 17.7. The van der Waals surface area contributed by atoms with Crippen molar-refractivity contribution in [3.63, 3.8) is 0 Å². The van der Waals surface area contributed by atoms with Crippen LogP contribution in [0.1, 0.15) is 52.0 Å². The van der Waals surface area contributed by atoms with Crippen LogP contribution in [-0.4, -0.2) is 23.8 Å². The van der Waals surface area contributed by atoms with E-state index < -0.39 is 5.60 Å². The number of nitrogens with zero attached hydrogens (tertiary/aromatic N) is 1. The zero-order valence-corrected chi connectivity index (χ0v) is 16.5. The first kappa shape index (κ1) is 18.8. The van der Waals surface area contributed by atoms with Crippen LogP contribution in [0.15, 0.2) is 18.2 Å². The van der Waals surface area contributed by atoms with Gasteiger partial charge in [-0.3, -0.25) is 0 Å². The van der Waals surface area contributed by atoms with Crippen LogP contribution < -0.4 is 10.6 Å². The number of halogens is 1. The summed E-state index contributed by atoms with van der Waals surface area (Å²) in [7, 11) is 0. The van der Waals surface area contributed by atoms with E-state index in [1.165, 1.54) is 0 Å². The molecule has 1 amide bonds. The van der Waals surface area contributed by atoms with Gasteiger partial charge in [-0.05, 0) is 87.2 Å². The van der Waals surface area contributed by atoms with Crippen LogP contribution in [0.2, 0.25) is 0 Å². The van der Waals surface area contributed by atoms with Crippen molar-refractivity contribution >= 4 is 34.4 Å². The molecular weight excluding hydrogens is 417 g/mol. The third kappa shape index (κ3) is 5.86. The smallest absolute Gasteiger partial charge is 0.407 e. The van der Waals surface area contributed by atoms with E-state index in [0.29, 0.717) is 11.6 Å². The van der Waals surface area contributed by atoms with Gasteiger partial charge >= 0.3 is 6.09 Å². The van der Waals surface area contributed by atoms with Gasteiger partial charge in [-0.25, -0.2) is 4.79 Å². The van der Waals surface area contributed by atoms with Crippen LogP contribution in [0.4, 0.5) is 10.5 Å². The van der Waals surface area contributed by atoms with Crippen LogP contribution in [0.3, 0.4) is 0 Å². The van der Waals surface area contributed by atoms with E-state index in [4.69, 9.17) is 10.00 Å². The second-order valence-corrected chi connectivity index (χ2v) is 8.31. The Morgan fingerprint density at radius 1 is 1.25 bits per heavy atom. The molecule has 0 saturated heterocycles. The fourth-order valence-electron chi connectivity index (χ4n) is 2.78. The number of carbonyl (C=O) groups excluding carboxylic acids is 1. The number of ether oxygens (including phenoxy) is 1. The quantitative estimate of drug-likeness (QED) is 0.682. The molecule has 1 aromatic rings. The number of hydrogen-bond donors (Lipinski definition) is 2. The number of alkyl carbamates (subject to hydrolysis) is 1. The third-order valence-electron chi connectivity index (χ3n) is 3.90. The molecule has 0 aromatic heterocycles. The number of amides is 1. The van der Waals surface area contributed by atoms with Crippen molar-refractivity contribution in [1.29, 1.82) is 5.26 Å². The van der Waals surface area contributed by atoms with Crippen LogP contribution in [0.25, 0.3) is 0 Å². The van der Waals surface area contributed by atoms with Crippen molar-refractivity contribution < 1.29 is 9.53 Å². The normalized spacial score (nSPS) is 20.8. The summed E-state index contributed by atoms with van der Waals surface area (Å²) in [4.78, 5) is 11.8. The maximum Gasteiger partial charge on any atom is 0.407 e. The molecule has 0 aliphatic heterocycles. The molecule has 0 heterocycles. The van der Waals surface area contributed by atoms with Crippen molar-refractivity contribution in [1.82, 2.24) is 5.32 Å². The second-order valence-electron chi connectivity index (χ2n) is 7.15. The molecule has 0 radical (unpaired) electrons. The number of anilines is 1. The SMILES string of the molecule is CC(C)(C)OC(=O)NC1CCC(Nc2cc(C#N)ccc2I)CC1. The second kappa shape index (κ2) is 8.06. The minimum absolute atomic E-state index is 0.169. The third-order valence-corrected chi connectivity index (χ3v) is 4.84. The van der Waals surface area contributed by atoms with Gasteiger partial charge in [0.2, 0.25) is 0 Å². The Balaban J connectivity index is 1.83. The summed E-state index contributed by atoms with van der Waals surface area (Å²) in [5.41, 5.74) is 1.21. The Hall–Kier alpha value is -1.49. The summed E-state index contributed by atoms with van der Waals surface area (Å²) in [5, 5.41) is 15.5. The van der Waals surface area contributed by atoms with E-state index in [1.807, 2.05) is 39.0 Å². The van der Waals surface area contributed by atoms with E-state index in [9.17, 15) is 4.79 Å². The van der Waals surface area contributed by atoms with Crippen molar-refractivity contribution in [3.8, 4) is 6.07 Å². The van der Waals surface area contributed by atoms with Crippen molar-refractivity contribution in [2.45, 2.75) is 64.1 Å². The number of hydrogen-bond acceptors (Lipinski definition) is 4. The van der Waals surface area contributed by atoms with Crippen LogP contribution in [-0.2, 0) is 4.74 Å². The fourth-order valence-corrected chi connectivity index (χ4v) is 3.27. The lowest BCUT2D eigenvalue weighted by molar-refractivity contribution is 0.0492. The van der Waals surface area contributed by atoms with Gasteiger partial charge in [0.05, 0.1) is 11.6 Å². The van der Waals surface area contributed by atoms with Crippen LogP contribution >= 0.6 is 22.6 Å². The van der Waals surface area contributed by atoms with E-state index in [1.54, 1.807) is 0 Å². The molecule has 2 N–H and O–H groups in total. The van der Waals surface area contributed by atoms with Gasteiger partial charge in [0.1, 0.15) is 5.60 Å². The van der Waals surface area contributed by atoms with E-state index in [-0.39, 0.29) is 12.1 Å². The molecule has 1 aliphatic carbocycles. The number of nitriles is 1. The lowest BCUT2D eigenvalue weighted by atomic mass is 9.91. The highest BCUT2D eigenvalue weighted by Crippen LogP contribution is 2.26. The molecule has 130 valence electrons. The summed E-state index contributed by atoms with van der Waals surface area (Å²) in [6.07, 6.45) is 3.47. The van der Waals surface area contributed by atoms with E-state index in [2.05, 4.69) is 39.3 Å². The fraction of sp³-hybridized carbons (Fsp3) is 0.556. The monoisotopic (exact) mass is 441 g/mol. The first-order chi connectivity index (χ1) is 11.3. The topological polar surface area (TPSA) is 74.2 Å². The maximum absolute atomic E-state index is 11.8. The Morgan fingerprint density at radius 2 is 1.88 bits per heavy atom. The molecule has 0 unspecified atom stereocenters. The minimum Gasteiger partial charge on any atom is -0.444 e. The molecule has 0 bridgehead atoms. The van der Waals surface area contributed by atoms with Crippen LogP contribution in [0.5, 0.6) is 0 Å². The number of nitrogens with one attached hydrogen (secondary N) is 2. The predicted molar refractivity (Wildman–Crippen MR) is 103 cm³/mol. The average Bonchev–Trinajstić information content (AvgIpc) is 2.49. The minimum atomic E-state index is -0.467. The van der Waals surface area contributed by atoms with Crippen LogP contribution in [0, 0.1) is 14.9 Å². The van der Waals surface area contributed by atoms with Crippen molar-refractivity contribution in [3.05, 3.63) is 27.3 Å². The first-order valence-electron chi connectivity index (χ1n) is 8.22. The van der Waals surface area contributed by atoms with Gasteiger partial charge in [-0.1, -0.05) is 0 Å². The summed E-state index contributed by atoms with van der Waals surface area (Å²) in [6, 6.07) is 8.39. The molecular formula is C18H24IN3O2. The van der Waals surface area contributed by atoms with E-state index >= 15 is 0 Å². The first-order valence-corrected chi connectivity index (χ1v) is 9.30. The standard InChI is InChI=1S/C18H24IN3O2/c1-18(2,3)24-17(23)22-14-7-5-13(6-8-14)21-16-10-12(11-20)4-9-15(16)19/h4,9-10,13-14,21H,5-8H2,1-3H3,(H,22,23). The molecule has 1 saturated carbocycles. The largest absolute Gasteiger partial charge is 0.444 e. The van der Waals surface area contributed by atoms with Gasteiger partial charge in [-0.15, -0.1) is 0 Å². The Labute approximate surface area is 157 Å². The Morgan fingerprint density at radius 3 is 2.46 bits per heavy atom. The summed E-state index contributed by atoms with van der Waals surface area (Å²) < 4.78 is 6.42. The lowest BCUT2D eigenvalue weighted by Crippen LogP contribution is -2.42. The summed E-state index contributed by atoms with van der Waals surface area (Å²) in [6.45, 7) is 5.60. The number of benzene rings is 1. The molecule has 1 fully saturated rings. The van der Waals surface area contributed by atoms with Gasteiger partial charge in [-0.2, -0.15) is 5.26 Å². The van der Waals surface area contributed by atoms with Gasteiger partial charge in [0.15, 0.2) is 0 Å². The Kier molecular flexibility index (Phi) is 6.33. The predicted octanol–water partition coefficient (Wildman–Crippen LogP) is 4.41. The molecule has 1 aliphatic rings. The summed E-state index contributed by atoms with van der Waals surface area (Å²) in [5.74, 6) is 0. The molecule has 1 aromatic carbocycles. The molecule has 0 spiro atoms. The molecule has 6 heteroatoms. The van der Waals surface area contributed by atoms with Crippen molar-refractivity contribution in [2.24, 2.45) is 0 Å². The number of carbonyl (C=O) groups is 1. The highest BCUT2D eigenvalue weighted by atomic mass is 127. The lowest BCUT2D eigenvalue weighted by Gasteiger charge is -2.31. The highest BCUT2D eigenvalue weighted by Gasteiger charge is 2.25. The van der Waals surface area contributed by atoms with Gasteiger partial charge in [0, 0.05) is 21.3 Å². The molecule has 24 heavy (non-hydrogen) atoms. The summed E-state index contributed by atoms with van der Waals surface area (Å²) >= 11 is 2.28. The highest BCUT2D eigenvalue weighted by molar-refractivity contribution is 14.1. The average molecular weight is 441 g/mol.